The average Bonchev–Trinajstić information content (AvgIpc) is 2.48. The first-order valence-electron chi connectivity index (χ1n) is 7.52. The molecule has 22 heavy (non-hydrogen) atoms. The van der Waals surface area contributed by atoms with Gasteiger partial charge in [-0.05, 0) is 37.5 Å². The number of carboxylic acid groups (broad SMARTS) is 1. The zero-order valence-corrected chi connectivity index (χ0v) is 13.3. The van der Waals surface area contributed by atoms with Crippen molar-refractivity contribution in [2.24, 2.45) is 5.41 Å². The summed E-state index contributed by atoms with van der Waals surface area (Å²) in [6.07, 6.45) is 2.16. The molecular weight excluding hydrogens is 282 g/mol. The molecular formula is C17H23NO4. The van der Waals surface area contributed by atoms with Crippen molar-refractivity contribution in [1.29, 1.82) is 0 Å². The highest BCUT2D eigenvalue weighted by molar-refractivity contribution is 5.85. The number of amides is 1. The van der Waals surface area contributed by atoms with Crippen molar-refractivity contribution in [3.63, 3.8) is 0 Å². The van der Waals surface area contributed by atoms with Gasteiger partial charge >= 0.3 is 5.97 Å². The Labute approximate surface area is 130 Å². The molecule has 1 N–H and O–H groups in total. The maximum Gasteiger partial charge on any atom is 0.310 e. The van der Waals surface area contributed by atoms with E-state index >= 15 is 0 Å². The molecule has 0 aromatic heterocycles. The number of benzene rings is 1. The minimum absolute atomic E-state index is 0.0827. The first kappa shape index (κ1) is 16.3. The number of hydrogen-bond donors (Lipinski definition) is 1. The van der Waals surface area contributed by atoms with Crippen LogP contribution in [0.1, 0.15) is 44.2 Å². The van der Waals surface area contributed by atoms with Crippen molar-refractivity contribution < 1.29 is 19.4 Å². The Bertz CT molecular complexity index is 548. The molecule has 5 heteroatoms. The first-order valence-corrected chi connectivity index (χ1v) is 7.52. The van der Waals surface area contributed by atoms with E-state index in [2.05, 4.69) is 0 Å². The van der Waals surface area contributed by atoms with Gasteiger partial charge in [0.05, 0.1) is 18.6 Å². The molecule has 1 unspecified atom stereocenters. The molecule has 1 saturated carbocycles. The summed E-state index contributed by atoms with van der Waals surface area (Å²) in [7, 11) is 3.34. The Morgan fingerprint density at radius 3 is 2.32 bits per heavy atom. The number of nitrogens with zero attached hydrogens (tertiary/aromatic N) is 1. The second-order valence-electron chi connectivity index (χ2n) is 6.07. The molecule has 1 fully saturated rings. The average molecular weight is 305 g/mol. The molecule has 0 heterocycles. The van der Waals surface area contributed by atoms with Gasteiger partial charge in [0, 0.05) is 13.5 Å². The fourth-order valence-electron chi connectivity index (χ4n) is 2.81. The lowest BCUT2D eigenvalue weighted by atomic mass is 9.66. The SMILES string of the molecule is COc1ccc(C(C)N(C)C(=O)CC2(C(=O)O)CCC2)cc1. The maximum atomic E-state index is 12.4. The summed E-state index contributed by atoms with van der Waals surface area (Å²) < 4.78 is 5.13. The number of hydrogen-bond acceptors (Lipinski definition) is 3. The molecule has 0 radical (unpaired) electrons. The number of carbonyl (C=O) groups excluding carboxylic acids is 1. The summed E-state index contributed by atoms with van der Waals surface area (Å²) in [5, 5.41) is 9.34. The standard InChI is InChI=1S/C17H23NO4/c1-12(13-5-7-14(22-3)8-6-13)18(2)15(19)11-17(16(20)21)9-4-10-17/h5-8,12H,4,9-11H2,1-3H3,(H,20,21). The zero-order chi connectivity index (χ0) is 16.3. The lowest BCUT2D eigenvalue weighted by Crippen LogP contribution is -2.43. The van der Waals surface area contributed by atoms with Crippen LogP contribution in [-0.4, -0.2) is 36.0 Å². The molecule has 1 aromatic carbocycles. The Hall–Kier alpha value is -2.04. The van der Waals surface area contributed by atoms with Crippen LogP contribution in [0.4, 0.5) is 0 Å². The highest BCUT2D eigenvalue weighted by Crippen LogP contribution is 2.44. The topological polar surface area (TPSA) is 66.8 Å². The summed E-state index contributed by atoms with van der Waals surface area (Å²) in [5.74, 6) is -0.202. The van der Waals surface area contributed by atoms with Crippen LogP contribution in [0.15, 0.2) is 24.3 Å². The van der Waals surface area contributed by atoms with Gasteiger partial charge in [0.1, 0.15) is 5.75 Å². The molecule has 1 atom stereocenters. The van der Waals surface area contributed by atoms with E-state index in [1.807, 2.05) is 31.2 Å². The lowest BCUT2D eigenvalue weighted by molar-refractivity contribution is -0.159. The Balaban J connectivity index is 2.04. The molecule has 1 aromatic rings. The smallest absolute Gasteiger partial charge is 0.310 e. The van der Waals surface area contributed by atoms with E-state index < -0.39 is 11.4 Å². The van der Waals surface area contributed by atoms with Crippen molar-refractivity contribution in [3.05, 3.63) is 29.8 Å². The molecule has 1 amide bonds. The number of rotatable bonds is 6. The van der Waals surface area contributed by atoms with Crippen LogP contribution in [0, 0.1) is 5.41 Å². The zero-order valence-electron chi connectivity index (χ0n) is 13.3. The van der Waals surface area contributed by atoms with E-state index in [1.54, 1.807) is 19.1 Å². The van der Waals surface area contributed by atoms with Crippen LogP contribution >= 0.6 is 0 Å². The monoisotopic (exact) mass is 305 g/mol. The molecule has 0 aliphatic heterocycles. The van der Waals surface area contributed by atoms with Gasteiger partial charge < -0.3 is 14.7 Å². The molecule has 120 valence electrons. The van der Waals surface area contributed by atoms with Gasteiger partial charge in [-0.3, -0.25) is 9.59 Å². The third kappa shape index (κ3) is 3.08. The molecule has 0 spiro atoms. The quantitative estimate of drug-likeness (QED) is 0.877. The highest BCUT2D eigenvalue weighted by Gasteiger charge is 2.46. The minimum Gasteiger partial charge on any atom is -0.497 e. The van der Waals surface area contributed by atoms with Crippen LogP contribution in [0.25, 0.3) is 0 Å². The predicted octanol–water partition coefficient (Wildman–Crippen LogP) is 2.86. The summed E-state index contributed by atoms with van der Waals surface area (Å²) >= 11 is 0. The fourth-order valence-corrected chi connectivity index (χ4v) is 2.81. The molecule has 2 rings (SSSR count). The number of aliphatic carboxylic acids is 1. The van der Waals surface area contributed by atoms with E-state index in [4.69, 9.17) is 4.74 Å². The minimum atomic E-state index is -0.849. The number of carbonyl (C=O) groups is 2. The number of methoxy groups -OCH3 is 1. The van der Waals surface area contributed by atoms with Gasteiger partial charge in [0.25, 0.3) is 0 Å². The number of carboxylic acids is 1. The van der Waals surface area contributed by atoms with E-state index in [-0.39, 0.29) is 18.4 Å². The maximum absolute atomic E-state index is 12.4. The molecule has 0 saturated heterocycles. The Kier molecular flexibility index (Phi) is 4.74. The Morgan fingerprint density at radius 2 is 1.91 bits per heavy atom. The van der Waals surface area contributed by atoms with Gasteiger partial charge in [-0.25, -0.2) is 0 Å². The van der Waals surface area contributed by atoms with E-state index in [1.165, 1.54) is 0 Å². The van der Waals surface area contributed by atoms with Crippen molar-refractivity contribution in [3.8, 4) is 5.75 Å². The van der Waals surface area contributed by atoms with E-state index in [0.29, 0.717) is 12.8 Å². The van der Waals surface area contributed by atoms with Crippen molar-refractivity contribution in [2.45, 2.75) is 38.6 Å². The van der Waals surface area contributed by atoms with E-state index in [9.17, 15) is 14.7 Å². The predicted molar refractivity (Wildman–Crippen MR) is 82.7 cm³/mol. The molecule has 5 nitrogen and oxygen atoms in total. The summed E-state index contributed by atoms with van der Waals surface area (Å²) in [6, 6.07) is 7.45. The van der Waals surface area contributed by atoms with Crippen molar-refractivity contribution in [1.82, 2.24) is 4.90 Å². The number of ether oxygens (including phenoxy) is 1. The highest BCUT2D eigenvalue weighted by atomic mass is 16.5. The van der Waals surface area contributed by atoms with Gasteiger partial charge in [0.15, 0.2) is 0 Å². The third-order valence-electron chi connectivity index (χ3n) is 4.83. The van der Waals surface area contributed by atoms with Crippen LogP contribution in [0.3, 0.4) is 0 Å². The largest absolute Gasteiger partial charge is 0.497 e. The normalized spacial score (nSPS) is 17.2. The molecule has 1 aliphatic carbocycles. The van der Waals surface area contributed by atoms with Gasteiger partial charge in [0.2, 0.25) is 5.91 Å². The van der Waals surface area contributed by atoms with Crippen molar-refractivity contribution in [2.75, 3.05) is 14.2 Å². The second-order valence-corrected chi connectivity index (χ2v) is 6.07. The van der Waals surface area contributed by atoms with E-state index in [0.717, 1.165) is 17.7 Å². The van der Waals surface area contributed by atoms with Gasteiger partial charge in [-0.1, -0.05) is 18.6 Å². The Morgan fingerprint density at radius 1 is 1.32 bits per heavy atom. The third-order valence-corrected chi connectivity index (χ3v) is 4.83. The first-order chi connectivity index (χ1) is 10.4. The second kappa shape index (κ2) is 6.38. The summed E-state index contributed by atoms with van der Waals surface area (Å²) in [6.45, 7) is 1.94. The van der Waals surface area contributed by atoms with Gasteiger partial charge in [-0.15, -0.1) is 0 Å². The lowest BCUT2D eigenvalue weighted by Gasteiger charge is -2.38. The van der Waals surface area contributed by atoms with Crippen LogP contribution in [0.5, 0.6) is 5.75 Å². The van der Waals surface area contributed by atoms with Gasteiger partial charge in [-0.2, -0.15) is 0 Å². The summed E-state index contributed by atoms with van der Waals surface area (Å²) in [5.41, 5.74) is 0.153. The van der Waals surface area contributed by atoms with Crippen LogP contribution in [-0.2, 0) is 9.59 Å². The van der Waals surface area contributed by atoms with Crippen LogP contribution in [0.2, 0.25) is 0 Å². The fraction of sp³-hybridized carbons (Fsp3) is 0.529. The molecule has 1 aliphatic rings. The van der Waals surface area contributed by atoms with Crippen molar-refractivity contribution >= 4 is 11.9 Å². The van der Waals surface area contributed by atoms with Crippen LogP contribution < -0.4 is 4.74 Å². The molecule has 0 bridgehead atoms. The summed E-state index contributed by atoms with van der Waals surface area (Å²) in [4.78, 5) is 25.4.